The van der Waals surface area contributed by atoms with Gasteiger partial charge in [-0.2, -0.15) is 0 Å². The summed E-state index contributed by atoms with van der Waals surface area (Å²) in [5.41, 5.74) is 6.55. The van der Waals surface area contributed by atoms with Crippen LogP contribution in [0.4, 0.5) is 10.1 Å². The molecule has 0 aliphatic heterocycles. The third-order valence-electron chi connectivity index (χ3n) is 5.91. The number of carbonyl (C=O) groups excluding carboxylic acids is 1. The summed E-state index contributed by atoms with van der Waals surface area (Å²) < 4.78 is 24.7. The lowest BCUT2D eigenvalue weighted by molar-refractivity contribution is -0.115. The molecule has 3 aromatic carbocycles. The Morgan fingerprint density at radius 1 is 1.00 bits per heavy atom. The highest BCUT2D eigenvalue weighted by Gasteiger charge is 2.26. The quantitative estimate of drug-likeness (QED) is 0.460. The maximum atomic E-state index is 14.2. The predicted molar refractivity (Wildman–Crippen MR) is 133 cm³/mol. The number of nitrogens with one attached hydrogen (secondary N) is 1. The fourth-order valence-electron chi connectivity index (χ4n) is 4.23. The Balaban J connectivity index is 1.74. The molecule has 0 heterocycles. The summed E-state index contributed by atoms with van der Waals surface area (Å²) in [7, 11) is 2.93. The van der Waals surface area contributed by atoms with Gasteiger partial charge in [0.2, 0.25) is 11.7 Å². The van der Waals surface area contributed by atoms with E-state index < -0.39 is 0 Å². The van der Waals surface area contributed by atoms with Crippen LogP contribution in [0.2, 0.25) is 0 Å². The van der Waals surface area contributed by atoms with Gasteiger partial charge in [-0.05, 0) is 95.3 Å². The minimum absolute atomic E-state index is 0.0817. The third kappa shape index (κ3) is 4.53. The van der Waals surface area contributed by atoms with Crippen molar-refractivity contribution in [3.63, 3.8) is 0 Å². The summed E-state index contributed by atoms with van der Waals surface area (Å²) in [4.78, 5) is 12.9. The van der Waals surface area contributed by atoms with Crippen LogP contribution in [0.25, 0.3) is 17.2 Å². The van der Waals surface area contributed by atoms with Crippen molar-refractivity contribution in [3.05, 3.63) is 88.2 Å². The van der Waals surface area contributed by atoms with Crippen molar-refractivity contribution in [2.45, 2.75) is 20.3 Å². The molecule has 3 aromatic rings. The van der Waals surface area contributed by atoms with E-state index in [4.69, 9.17) is 9.47 Å². The number of methoxy groups -OCH3 is 2. The van der Waals surface area contributed by atoms with Crippen LogP contribution in [0, 0.1) is 12.7 Å². The number of phenols is 1. The Morgan fingerprint density at radius 2 is 1.71 bits per heavy atom. The highest BCUT2D eigenvalue weighted by molar-refractivity contribution is 6.10. The Morgan fingerprint density at radius 3 is 2.35 bits per heavy atom. The number of hydrogen-bond acceptors (Lipinski definition) is 4. The maximum absolute atomic E-state index is 14.2. The van der Waals surface area contributed by atoms with E-state index in [-0.39, 0.29) is 35.4 Å². The standard InChI is InChI=1S/C28H26FNO4/c1-16-6-5-7-20(10-16)30-27(31)15-23-17(2)22(21-9-8-19(29)14-24(21)23)11-18-12-25(33-3)28(32)26(13-18)34-4/h5-14,32H,15H2,1-4H3,(H,30,31)/b22-11-. The van der Waals surface area contributed by atoms with Crippen molar-refractivity contribution >= 4 is 28.8 Å². The van der Waals surface area contributed by atoms with Crippen LogP contribution in [0.3, 0.4) is 0 Å². The van der Waals surface area contributed by atoms with Gasteiger partial charge in [-0.15, -0.1) is 0 Å². The number of anilines is 1. The summed E-state index contributed by atoms with van der Waals surface area (Å²) in [6, 6.07) is 15.6. The fourth-order valence-corrected chi connectivity index (χ4v) is 4.23. The van der Waals surface area contributed by atoms with Gasteiger partial charge in [0.15, 0.2) is 11.5 Å². The van der Waals surface area contributed by atoms with Crippen molar-refractivity contribution in [1.82, 2.24) is 0 Å². The van der Waals surface area contributed by atoms with Crippen molar-refractivity contribution in [1.29, 1.82) is 0 Å². The molecule has 0 fully saturated rings. The fraction of sp³-hybridized carbons (Fsp3) is 0.179. The Kier molecular flexibility index (Phi) is 6.41. The molecule has 0 spiro atoms. The number of aryl methyl sites for hydroxylation is 1. The molecule has 0 aromatic heterocycles. The smallest absolute Gasteiger partial charge is 0.228 e. The average Bonchev–Trinajstić information content (AvgIpc) is 3.05. The van der Waals surface area contributed by atoms with E-state index in [0.717, 1.165) is 39.1 Å². The van der Waals surface area contributed by atoms with E-state index in [2.05, 4.69) is 5.32 Å². The lowest BCUT2D eigenvalue weighted by atomic mass is 10.00. The summed E-state index contributed by atoms with van der Waals surface area (Å²) in [6.07, 6.45) is 2.03. The van der Waals surface area contributed by atoms with Gasteiger partial charge in [-0.25, -0.2) is 4.39 Å². The number of fused-ring (bicyclic) bond motifs is 1. The molecule has 174 valence electrons. The first-order valence-electron chi connectivity index (χ1n) is 10.8. The molecule has 0 saturated carbocycles. The Hall–Kier alpha value is -4.06. The molecule has 0 atom stereocenters. The number of allylic oxidation sites excluding steroid dienone is 2. The number of carbonyl (C=O) groups is 1. The minimum atomic E-state index is -0.364. The molecule has 0 radical (unpaired) electrons. The van der Waals surface area contributed by atoms with E-state index >= 15 is 0 Å². The monoisotopic (exact) mass is 459 g/mol. The van der Waals surface area contributed by atoms with Crippen molar-refractivity contribution in [3.8, 4) is 17.2 Å². The number of ether oxygens (including phenoxy) is 2. The highest BCUT2D eigenvalue weighted by atomic mass is 19.1. The molecule has 5 nitrogen and oxygen atoms in total. The second kappa shape index (κ2) is 9.43. The second-order valence-corrected chi connectivity index (χ2v) is 8.22. The number of aromatic hydroxyl groups is 1. The van der Waals surface area contributed by atoms with Crippen LogP contribution in [0.5, 0.6) is 17.2 Å². The molecule has 1 aliphatic carbocycles. The average molecular weight is 460 g/mol. The molecule has 34 heavy (non-hydrogen) atoms. The number of halogens is 1. The number of hydrogen-bond donors (Lipinski definition) is 2. The van der Waals surface area contributed by atoms with Crippen LogP contribution in [0.1, 0.15) is 35.6 Å². The molecule has 0 saturated heterocycles. The van der Waals surface area contributed by atoms with Crippen molar-refractivity contribution < 1.29 is 23.8 Å². The Labute approximate surface area is 198 Å². The van der Waals surface area contributed by atoms with Gasteiger partial charge < -0.3 is 19.9 Å². The zero-order valence-electron chi connectivity index (χ0n) is 19.5. The summed E-state index contributed by atoms with van der Waals surface area (Å²) in [5, 5.41) is 13.2. The van der Waals surface area contributed by atoms with Gasteiger partial charge in [-0.3, -0.25) is 4.79 Å². The lowest BCUT2D eigenvalue weighted by Crippen LogP contribution is -2.12. The number of amides is 1. The molecular formula is C28H26FNO4. The van der Waals surface area contributed by atoms with E-state index in [1.807, 2.05) is 44.2 Å². The normalized spacial score (nSPS) is 13.7. The van der Waals surface area contributed by atoms with Gasteiger partial charge in [0.05, 0.1) is 20.6 Å². The van der Waals surface area contributed by atoms with E-state index in [9.17, 15) is 14.3 Å². The zero-order valence-corrected chi connectivity index (χ0v) is 19.5. The first kappa shape index (κ1) is 23.1. The highest BCUT2D eigenvalue weighted by Crippen LogP contribution is 2.45. The summed E-state index contributed by atoms with van der Waals surface area (Å²) >= 11 is 0. The number of benzene rings is 3. The summed E-state index contributed by atoms with van der Waals surface area (Å²) in [5.74, 6) is -0.0607. The molecule has 6 heteroatoms. The van der Waals surface area contributed by atoms with Crippen LogP contribution < -0.4 is 14.8 Å². The summed E-state index contributed by atoms with van der Waals surface area (Å²) in [6.45, 7) is 3.89. The molecule has 0 bridgehead atoms. The van der Waals surface area contributed by atoms with E-state index in [1.54, 1.807) is 18.2 Å². The first-order chi connectivity index (χ1) is 16.3. The van der Waals surface area contributed by atoms with Crippen molar-refractivity contribution in [2.75, 3.05) is 19.5 Å². The molecule has 1 amide bonds. The number of rotatable bonds is 6. The van der Waals surface area contributed by atoms with Crippen LogP contribution in [-0.4, -0.2) is 25.2 Å². The van der Waals surface area contributed by atoms with Gasteiger partial charge in [0.25, 0.3) is 0 Å². The van der Waals surface area contributed by atoms with Crippen LogP contribution in [0.15, 0.2) is 60.2 Å². The lowest BCUT2D eigenvalue weighted by Gasteiger charge is -2.11. The SMILES string of the molecule is COc1cc(/C=C2/C(C)=C(CC(=O)Nc3cccc(C)c3)c3cc(F)ccc32)cc(OC)c1O. The largest absolute Gasteiger partial charge is 0.502 e. The van der Waals surface area contributed by atoms with Crippen LogP contribution in [-0.2, 0) is 4.79 Å². The minimum Gasteiger partial charge on any atom is -0.502 e. The molecule has 2 N–H and O–H groups in total. The van der Waals surface area contributed by atoms with Crippen molar-refractivity contribution in [2.24, 2.45) is 0 Å². The molecule has 4 rings (SSSR count). The molecule has 1 aliphatic rings. The van der Waals surface area contributed by atoms with Crippen LogP contribution >= 0.6 is 0 Å². The topological polar surface area (TPSA) is 67.8 Å². The van der Waals surface area contributed by atoms with E-state index in [0.29, 0.717) is 5.56 Å². The maximum Gasteiger partial charge on any atom is 0.228 e. The van der Waals surface area contributed by atoms with Gasteiger partial charge in [-0.1, -0.05) is 18.2 Å². The van der Waals surface area contributed by atoms with Gasteiger partial charge in [0, 0.05) is 5.69 Å². The van der Waals surface area contributed by atoms with Gasteiger partial charge in [0.1, 0.15) is 5.82 Å². The number of phenolic OH excluding ortho intramolecular Hbond substituents is 1. The molecular weight excluding hydrogens is 433 g/mol. The molecule has 0 unspecified atom stereocenters. The van der Waals surface area contributed by atoms with Gasteiger partial charge >= 0.3 is 0 Å². The zero-order chi connectivity index (χ0) is 24.4. The second-order valence-electron chi connectivity index (χ2n) is 8.22. The first-order valence-corrected chi connectivity index (χ1v) is 10.8. The predicted octanol–water partition coefficient (Wildman–Crippen LogP) is 6.21. The Bertz CT molecular complexity index is 1310. The van der Waals surface area contributed by atoms with E-state index in [1.165, 1.54) is 26.4 Å². The third-order valence-corrected chi connectivity index (χ3v) is 5.91.